The van der Waals surface area contributed by atoms with E-state index in [2.05, 4.69) is 39.5 Å². The van der Waals surface area contributed by atoms with Gasteiger partial charge in [0.2, 0.25) is 5.88 Å². The molecule has 1 N–H and O–H groups in total. The molecule has 1 aliphatic heterocycles. The van der Waals surface area contributed by atoms with Gasteiger partial charge in [0.25, 0.3) is 11.8 Å². The number of nitrogens with one attached hydrogen (secondary N) is 1. The predicted octanol–water partition coefficient (Wildman–Crippen LogP) is 6.05. The number of hydrogen-bond acceptors (Lipinski definition) is 5. The lowest BCUT2D eigenvalue weighted by Crippen LogP contribution is -2.48. The Morgan fingerprint density at radius 1 is 0.897 bits per heavy atom. The molecule has 0 unspecified atom stereocenters. The molecule has 0 saturated carbocycles. The van der Waals surface area contributed by atoms with E-state index >= 15 is 0 Å². The summed E-state index contributed by atoms with van der Waals surface area (Å²) in [5.74, 6) is 0.692. The summed E-state index contributed by atoms with van der Waals surface area (Å²) in [6, 6.07) is 26.0. The lowest BCUT2D eigenvalue weighted by molar-refractivity contribution is 0.0628. The van der Waals surface area contributed by atoms with Crippen molar-refractivity contribution >= 4 is 29.1 Å². The van der Waals surface area contributed by atoms with Gasteiger partial charge in [0.05, 0.1) is 11.9 Å². The van der Waals surface area contributed by atoms with Gasteiger partial charge in [0.15, 0.2) is 0 Å². The van der Waals surface area contributed by atoms with E-state index in [4.69, 9.17) is 16.3 Å². The number of pyridine rings is 1. The summed E-state index contributed by atoms with van der Waals surface area (Å²) in [6.45, 7) is 5.89. The highest BCUT2D eigenvalue weighted by Crippen LogP contribution is 2.23. The molecule has 1 aliphatic rings. The van der Waals surface area contributed by atoms with Gasteiger partial charge in [-0.2, -0.15) is 0 Å². The Morgan fingerprint density at radius 3 is 2.28 bits per heavy atom. The van der Waals surface area contributed by atoms with Gasteiger partial charge in [-0.3, -0.25) is 14.5 Å². The number of hydrogen-bond donors (Lipinski definition) is 1. The smallest absolute Gasteiger partial charge is 0.255 e. The fourth-order valence-electron chi connectivity index (χ4n) is 4.37. The summed E-state index contributed by atoms with van der Waals surface area (Å²) >= 11 is 6.12. The second kappa shape index (κ2) is 12.1. The molecule has 8 heteroatoms. The van der Waals surface area contributed by atoms with Gasteiger partial charge >= 0.3 is 0 Å². The molecule has 1 fully saturated rings. The van der Waals surface area contributed by atoms with Crippen molar-refractivity contribution in [3.8, 4) is 11.6 Å². The summed E-state index contributed by atoms with van der Waals surface area (Å²) in [4.78, 5) is 34.0. The average Bonchev–Trinajstić information content (AvgIpc) is 2.96. The predicted molar refractivity (Wildman–Crippen MR) is 153 cm³/mol. The number of anilines is 1. The highest BCUT2D eigenvalue weighted by Gasteiger charge is 2.22. The molecule has 5 rings (SSSR count). The summed E-state index contributed by atoms with van der Waals surface area (Å²) in [5, 5.41) is 3.34. The Hall–Kier alpha value is -4.20. The van der Waals surface area contributed by atoms with Crippen molar-refractivity contribution in [1.29, 1.82) is 0 Å². The number of piperazine rings is 1. The Kier molecular flexibility index (Phi) is 8.20. The second-order valence-electron chi connectivity index (χ2n) is 9.48. The van der Waals surface area contributed by atoms with Crippen LogP contribution in [-0.4, -0.2) is 52.8 Å². The van der Waals surface area contributed by atoms with Gasteiger partial charge in [-0.1, -0.05) is 48.0 Å². The third kappa shape index (κ3) is 6.82. The molecule has 4 aromatic rings. The SMILES string of the molecule is Cc1ccc(C(=O)Nc2ccc(Oc3ccc(C(=O)N4CCN(Cc5ccccc5)CC4)cc3)nc2)cc1Cl. The maximum Gasteiger partial charge on any atom is 0.255 e. The van der Waals surface area contributed by atoms with Crippen molar-refractivity contribution in [3.05, 3.63) is 118 Å². The van der Waals surface area contributed by atoms with Crippen LogP contribution in [0.25, 0.3) is 0 Å². The van der Waals surface area contributed by atoms with Crippen LogP contribution in [0, 0.1) is 6.92 Å². The number of nitrogens with zero attached hydrogens (tertiary/aromatic N) is 3. The molecule has 7 nitrogen and oxygen atoms in total. The molecule has 0 radical (unpaired) electrons. The van der Waals surface area contributed by atoms with Crippen molar-refractivity contribution in [2.45, 2.75) is 13.5 Å². The molecular weight excluding hydrogens is 512 g/mol. The van der Waals surface area contributed by atoms with Crippen molar-refractivity contribution < 1.29 is 14.3 Å². The van der Waals surface area contributed by atoms with Gasteiger partial charge in [-0.15, -0.1) is 0 Å². The molecule has 1 saturated heterocycles. The van der Waals surface area contributed by atoms with Gasteiger partial charge in [-0.25, -0.2) is 4.98 Å². The molecule has 39 heavy (non-hydrogen) atoms. The minimum Gasteiger partial charge on any atom is -0.439 e. The third-order valence-corrected chi connectivity index (χ3v) is 7.07. The molecule has 2 heterocycles. The topological polar surface area (TPSA) is 74.8 Å². The van der Waals surface area contributed by atoms with E-state index in [1.54, 1.807) is 54.6 Å². The first-order valence-corrected chi connectivity index (χ1v) is 13.2. The molecule has 0 aliphatic carbocycles. The number of aromatic nitrogens is 1. The van der Waals surface area contributed by atoms with Gasteiger partial charge in [-0.05, 0) is 60.5 Å². The zero-order chi connectivity index (χ0) is 27.2. The lowest BCUT2D eigenvalue weighted by Gasteiger charge is -2.34. The molecular formula is C31H29ClN4O3. The average molecular weight is 541 g/mol. The van der Waals surface area contributed by atoms with Gasteiger partial charge in [0, 0.05) is 54.9 Å². The van der Waals surface area contributed by atoms with E-state index in [-0.39, 0.29) is 11.8 Å². The van der Waals surface area contributed by atoms with Crippen LogP contribution in [0.5, 0.6) is 11.6 Å². The van der Waals surface area contributed by atoms with Crippen LogP contribution in [0.1, 0.15) is 31.8 Å². The number of aryl methyl sites for hydroxylation is 1. The third-order valence-electron chi connectivity index (χ3n) is 6.66. The molecule has 3 aromatic carbocycles. The maximum absolute atomic E-state index is 13.0. The molecule has 0 bridgehead atoms. The highest BCUT2D eigenvalue weighted by atomic mass is 35.5. The minimum absolute atomic E-state index is 0.0222. The molecule has 1 aromatic heterocycles. The number of rotatable bonds is 7. The van der Waals surface area contributed by atoms with Crippen LogP contribution in [0.3, 0.4) is 0 Å². The zero-order valence-corrected chi connectivity index (χ0v) is 22.4. The summed E-state index contributed by atoms with van der Waals surface area (Å²) < 4.78 is 5.83. The Labute approximate surface area is 233 Å². The maximum atomic E-state index is 13.0. The zero-order valence-electron chi connectivity index (χ0n) is 21.6. The minimum atomic E-state index is -0.273. The Bertz CT molecular complexity index is 1440. The molecule has 2 amide bonds. The quantitative estimate of drug-likeness (QED) is 0.309. The van der Waals surface area contributed by atoms with Crippen molar-refractivity contribution in [2.75, 3.05) is 31.5 Å². The first kappa shape index (κ1) is 26.4. The normalized spacial score (nSPS) is 13.6. The summed E-state index contributed by atoms with van der Waals surface area (Å²) in [6.07, 6.45) is 1.53. The number of carbonyl (C=O) groups is 2. The van der Waals surface area contributed by atoms with Crippen LogP contribution >= 0.6 is 11.6 Å². The van der Waals surface area contributed by atoms with E-state index in [9.17, 15) is 9.59 Å². The standard InChI is InChI=1S/C31H29ClN4O3/c1-22-7-8-25(19-28(22)32)30(37)34-26-11-14-29(33-20-26)39-27-12-9-24(10-13-27)31(38)36-17-15-35(16-18-36)21-23-5-3-2-4-6-23/h2-14,19-20H,15-18,21H2,1H3,(H,34,37). The number of ether oxygens (including phenoxy) is 1. The van der Waals surface area contributed by atoms with E-state index in [0.29, 0.717) is 46.6 Å². The highest BCUT2D eigenvalue weighted by molar-refractivity contribution is 6.31. The number of amides is 2. The number of halogens is 1. The molecule has 0 spiro atoms. The first-order chi connectivity index (χ1) is 18.9. The van der Waals surface area contributed by atoms with E-state index in [1.807, 2.05) is 17.9 Å². The Morgan fingerprint density at radius 2 is 1.62 bits per heavy atom. The monoisotopic (exact) mass is 540 g/mol. The van der Waals surface area contributed by atoms with Crippen LogP contribution < -0.4 is 10.1 Å². The number of carbonyl (C=O) groups excluding carboxylic acids is 2. The summed E-state index contributed by atoms with van der Waals surface area (Å²) in [5.41, 5.74) is 3.82. The fourth-order valence-corrected chi connectivity index (χ4v) is 4.55. The van der Waals surface area contributed by atoms with Crippen LogP contribution in [0.4, 0.5) is 5.69 Å². The van der Waals surface area contributed by atoms with Crippen molar-refractivity contribution in [1.82, 2.24) is 14.8 Å². The van der Waals surface area contributed by atoms with Crippen molar-refractivity contribution in [3.63, 3.8) is 0 Å². The second-order valence-corrected chi connectivity index (χ2v) is 9.89. The van der Waals surface area contributed by atoms with Crippen LogP contribution in [-0.2, 0) is 6.54 Å². The van der Waals surface area contributed by atoms with Crippen molar-refractivity contribution in [2.24, 2.45) is 0 Å². The fraction of sp³-hybridized carbons (Fsp3) is 0.194. The van der Waals surface area contributed by atoms with Crippen LogP contribution in [0.15, 0.2) is 91.1 Å². The van der Waals surface area contributed by atoms with E-state index < -0.39 is 0 Å². The first-order valence-electron chi connectivity index (χ1n) is 12.8. The Balaban J connectivity index is 1.12. The largest absolute Gasteiger partial charge is 0.439 e. The van der Waals surface area contributed by atoms with Gasteiger partial charge < -0.3 is 15.0 Å². The number of benzene rings is 3. The van der Waals surface area contributed by atoms with Gasteiger partial charge in [0.1, 0.15) is 5.75 Å². The summed E-state index contributed by atoms with van der Waals surface area (Å²) in [7, 11) is 0. The van der Waals surface area contributed by atoms with Crippen LogP contribution in [0.2, 0.25) is 5.02 Å². The molecule has 0 atom stereocenters. The van der Waals surface area contributed by atoms with E-state index in [1.165, 1.54) is 11.8 Å². The molecule has 198 valence electrons. The lowest BCUT2D eigenvalue weighted by atomic mass is 10.1. The van der Waals surface area contributed by atoms with E-state index in [0.717, 1.165) is 25.2 Å².